The van der Waals surface area contributed by atoms with Crippen LogP contribution in [0.3, 0.4) is 0 Å². The third-order valence-corrected chi connectivity index (χ3v) is 5.47. The van der Waals surface area contributed by atoms with Gasteiger partial charge in [-0.1, -0.05) is 53.4 Å². The summed E-state index contributed by atoms with van der Waals surface area (Å²) in [6, 6.07) is 17.4. The zero-order valence-corrected chi connectivity index (χ0v) is 17.0. The number of nitrogens with one attached hydrogen (secondary N) is 1. The highest BCUT2D eigenvalue weighted by Crippen LogP contribution is 2.33. The second kappa shape index (κ2) is 8.84. The van der Waals surface area contributed by atoms with E-state index in [0.717, 1.165) is 11.3 Å². The van der Waals surface area contributed by atoms with E-state index in [1.807, 2.05) is 59.2 Å². The highest BCUT2D eigenvalue weighted by molar-refractivity contribution is 7.99. The van der Waals surface area contributed by atoms with Crippen LogP contribution < -0.4 is 10.1 Å². The van der Waals surface area contributed by atoms with E-state index >= 15 is 0 Å². The van der Waals surface area contributed by atoms with Crippen LogP contribution >= 0.6 is 23.1 Å². The standard InChI is InChI=1S/C19H16N6O2S2/c1-27-15-10-6-5-9-14(15)17-22-24-19(25(17)13-7-3-2-4-8-13)28-11-16(26)21-18-23-20-12-29-18/h2-10,12H,11H2,1H3,(H,21,23,26). The largest absolute Gasteiger partial charge is 0.496 e. The SMILES string of the molecule is COc1ccccc1-c1nnc(SCC(=O)Nc2nncs2)n1-c1ccccc1. The third-order valence-electron chi connectivity index (χ3n) is 3.93. The Hall–Kier alpha value is -3.24. The van der Waals surface area contributed by atoms with Gasteiger partial charge in [-0.2, -0.15) is 0 Å². The molecule has 0 radical (unpaired) electrons. The van der Waals surface area contributed by atoms with Crippen LogP contribution in [0.15, 0.2) is 65.3 Å². The van der Waals surface area contributed by atoms with Crippen LogP contribution in [0.1, 0.15) is 0 Å². The molecule has 0 saturated heterocycles. The summed E-state index contributed by atoms with van der Waals surface area (Å²) in [7, 11) is 1.62. The molecule has 0 aliphatic rings. The smallest absolute Gasteiger partial charge is 0.236 e. The number of nitrogens with zero attached hydrogens (tertiary/aromatic N) is 5. The van der Waals surface area contributed by atoms with Crippen molar-refractivity contribution in [3.05, 3.63) is 60.1 Å². The number of hydrogen-bond donors (Lipinski definition) is 1. The minimum absolute atomic E-state index is 0.163. The van der Waals surface area contributed by atoms with E-state index in [1.54, 1.807) is 12.6 Å². The van der Waals surface area contributed by atoms with Crippen molar-refractivity contribution in [2.45, 2.75) is 5.16 Å². The molecule has 0 aliphatic carbocycles. The van der Waals surface area contributed by atoms with E-state index in [0.29, 0.717) is 21.9 Å². The van der Waals surface area contributed by atoms with Crippen molar-refractivity contribution in [1.29, 1.82) is 0 Å². The fourth-order valence-electron chi connectivity index (χ4n) is 2.69. The van der Waals surface area contributed by atoms with Gasteiger partial charge in [0.2, 0.25) is 11.0 Å². The molecule has 4 rings (SSSR count). The maximum atomic E-state index is 12.2. The lowest BCUT2D eigenvalue weighted by Crippen LogP contribution is -2.14. The average molecular weight is 425 g/mol. The molecular weight excluding hydrogens is 408 g/mol. The number of amides is 1. The first kappa shape index (κ1) is 19.1. The van der Waals surface area contributed by atoms with Gasteiger partial charge in [-0.3, -0.25) is 14.7 Å². The van der Waals surface area contributed by atoms with Crippen LogP contribution in [0.5, 0.6) is 5.75 Å². The fraction of sp³-hybridized carbons (Fsp3) is 0.105. The van der Waals surface area contributed by atoms with Crippen LogP contribution in [0.2, 0.25) is 0 Å². The zero-order valence-electron chi connectivity index (χ0n) is 15.3. The number of thioether (sulfide) groups is 1. The van der Waals surface area contributed by atoms with Gasteiger partial charge in [0, 0.05) is 5.69 Å². The predicted molar refractivity (Wildman–Crippen MR) is 113 cm³/mol. The van der Waals surface area contributed by atoms with Crippen molar-refractivity contribution in [1.82, 2.24) is 25.0 Å². The number of carbonyl (C=O) groups excluding carboxylic acids is 1. The minimum atomic E-state index is -0.187. The van der Waals surface area contributed by atoms with Gasteiger partial charge in [0.25, 0.3) is 0 Å². The van der Waals surface area contributed by atoms with Gasteiger partial charge in [-0.05, 0) is 24.3 Å². The van der Waals surface area contributed by atoms with Crippen LogP contribution in [0.25, 0.3) is 17.1 Å². The summed E-state index contributed by atoms with van der Waals surface area (Å²) in [6.07, 6.45) is 0. The second-order valence-corrected chi connectivity index (χ2v) is 7.53. The van der Waals surface area contributed by atoms with Crippen molar-refractivity contribution in [3.63, 3.8) is 0 Å². The van der Waals surface area contributed by atoms with E-state index in [-0.39, 0.29) is 11.7 Å². The first-order chi connectivity index (χ1) is 14.3. The molecule has 146 valence electrons. The molecule has 1 amide bonds. The minimum Gasteiger partial charge on any atom is -0.496 e. The normalized spacial score (nSPS) is 10.7. The van der Waals surface area contributed by atoms with Crippen molar-refractivity contribution >= 4 is 34.1 Å². The summed E-state index contributed by atoms with van der Waals surface area (Å²) >= 11 is 2.56. The summed E-state index contributed by atoms with van der Waals surface area (Å²) in [5.74, 6) is 1.31. The number of para-hydroxylation sites is 2. The molecule has 0 aliphatic heterocycles. The fourth-order valence-corrected chi connectivity index (χ4v) is 3.90. The van der Waals surface area contributed by atoms with Gasteiger partial charge in [-0.25, -0.2) is 0 Å². The van der Waals surface area contributed by atoms with Crippen molar-refractivity contribution in [2.75, 3.05) is 18.2 Å². The Morgan fingerprint density at radius 3 is 2.66 bits per heavy atom. The second-order valence-electron chi connectivity index (χ2n) is 5.76. The topological polar surface area (TPSA) is 94.8 Å². The van der Waals surface area contributed by atoms with E-state index in [2.05, 4.69) is 25.7 Å². The maximum absolute atomic E-state index is 12.2. The summed E-state index contributed by atoms with van der Waals surface area (Å²) in [4.78, 5) is 12.2. The molecule has 10 heteroatoms. The molecule has 0 saturated carbocycles. The lowest BCUT2D eigenvalue weighted by atomic mass is 10.2. The first-order valence-electron chi connectivity index (χ1n) is 8.59. The molecule has 0 atom stereocenters. The van der Waals surface area contributed by atoms with Gasteiger partial charge < -0.3 is 4.74 Å². The van der Waals surface area contributed by atoms with Crippen LogP contribution in [0, 0.1) is 0 Å². The Labute approximate surface area is 175 Å². The number of carbonyl (C=O) groups is 1. The van der Waals surface area contributed by atoms with Crippen molar-refractivity contribution in [3.8, 4) is 22.8 Å². The van der Waals surface area contributed by atoms with Crippen LogP contribution in [-0.2, 0) is 4.79 Å². The molecule has 8 nitrogen and oxygen atoms in total. The Bertz CT molecular complexity index is 1100. The summed E-state index contributed by atoms with van der Waals surface area (Å²) in [5.41, 5.74) is 3.27. The predicted octanol–water partition coefficient (Wildman–Crippen LogP) is 3.53. The summed E-state index contributed by atoms with van der Waals surface area (Å²) < 4.78 is 7.41. The molecule has 0 spiro atoms. The van der Waals surface area contributed by atoms with Gasteiger partial charge >= 0.3 is 0 Å². The molecule has 0 fully saturated rings. The molecule has 2 heterocycles. The van der Waals surface area contributed by atoms with Gasteiger partial charge in [0.05, 0.1) is 18.4 Å². The number of methoxy groups -OCH3 is 1. The lowest BCUT2D eigenvalue weighted by Gasteiger charge is -2.12. The molecule has 4 aromatic rings. The van der Waals surface area contributed by atoms with E-state index in [4.69, 9.17) is 4.74 Å². The summed E-state index contributed by atoms with van der Waals surface area (Å²) in [6.45, 7) is 0. The molecule has 29 heavy (non-hydrogen) atoms. The third kappa shape index (κ3) is 4.28. The van der Waals surface area contributed by atoms with Crippen molar-refractivity contribution < 1.29 is 9.53 Å². The van der Waals surface area contributed by atoms with E-state index < -0.39 is 0 Å². The maximum Gasteiger partial charge on any atom is 0.236 e. The van der Waals surface area contributed by atoms with Crippen LogP contribution in [0.4, 0.5) is 5.13 Å². The lowest BCUT2D eigenvalue weighted by molar-refractivity contribution is -0.113. The Balaban J connectivity index is 1.66. The highest BCUT2D eigenvalue weighted by atomic mass is 32.2. The molecule has 0 unspecified atom stereocenters. The highest BCUT2D eigenvalue weighted by Gasteiger charge is 2.19. The van der Waals surface area contributed by atoms with Gasteiger partial charge in [0.15, 0.2) is 11.0 Å². The van der Waals surface area contributed by atoms with E-state index in [1.165, 1.54) is 23.1 Å². The Kier molecular flexibility index (Phi) is 5.82. The summed E-state index contributed by atoms with van der Waals surface area (Å²) in [5, 5.41) is 20.0. The molecule has 0 bridgehead atoms. The number of ether oxygens (including phenoxy) is 1. The van der Waals surface area contributed by atoms with Crippen molar-refractivity contribution in [2.24, 2.45) is 0 Å². The quantitative estimate of drug-likeness (QED) is 0.454. The Morgan fingerprint density at radius 1 is 1.10 bits per heavy atom. The van der Waals surface area contributed by atoms with Gasteiger partial charge in [0.1, 0.15) is 11.3 Å². The molecular formula is C19H16N6O2S2. The Morgan fingerprint density at radius 2 is 1.90 bits per heavy atom. The average Bonchev–Trinajstić information content (AvgIpc) is 3.42. The number of benzene rings is 2. The monoisotopic (exact) mass is 424 g/mol. The van der Waals surface area contributed by atoms with Gasteiger partial charge in [-0.15, -0.1) is 20.4 Å². The molecule has 1 N–H and O–H groups in total. The number of rotatable bonds is 7. The van der Waals surface area contributed by atoms with Crippen LogP contribution in [-0.4, -0.2) is 43.7 Å². The number of aromatic nitrogens is 5. The molecule has 2 aromatic heterocycles. The molecule has 2 aromatic carbocycles. The zero-order chi connectivity index (χ0) is 20.1. The first-order valence-corrected chi connectivity index (χ1v) is 10.5. The number of anilines is 1. The van der Waals surface area contributed by atoms with E-state index in [9.17, 15) is 4.79 Å². The number of hydrogen-bond acceptors (Lipinski definition) is 8.